The first-order chi connectivity index (χ1) is 8.08. The van der Waals surface area contributed by atoms with Crippen LogP contribution < -0.4 is 11.3 Å². The lowest BCUT2D eigenvalue weighted by molar-refractivity contribution is 0.0785. The van der Waals surface area contributed by atoms with E-state index in [1.807, 2.05) is 6.92 Å². The number of amides is 1. The zero-order valence-electron chi connectivity index (χ0n) is 9.85. The van der Waals surface area contributed by atoms with Crippen molar-refractivity contribution in [2.75, 3.05) is 13.1 Å². The number of pyridine rings is 1. The predicted octanol–water partition coefficient (Wildman–Crippen LogP) is 0.184. The van der Waals surface area contributed by atoms with Crippen LogP contribution in [0.4, 0.5) is 0 Å². The number of likely N-dealkylation sites (tertiary alicyclic amines) is 1. The molecule has 1 amide bonds. The Labute approximate surface area is 99.6 Å². The van der Waals surface area contributed by atoms with Gasteiger partial charge in [-0.25, -0.2) is 0 Å². The normalized spacial score (nSPS) is 21.5. The summed E-state index contributed by atoms with van der Waals surface area (Å²) >= 11 is 0. The Morgan fingerprint density at radius 2 is 2.41 bits per heavy atom. The van der Waals surface area contributed by atoms with Crippen LogP contribution in [0.2, 0.25) is 0 Å². The van der Waals surface area contributed by atoms with E-state index in [4.69, 9.17) is 5.73 Å². The largest absolute Gasteiger partial charge is 0.338 e. The Hall–Kier alpha value is -1.62. The summed E-state index contributed by atoms with van der Waals surface area (Å²) in [6.07, 6.45) is 2.43. The predicted molar refractivity (Wildman–Crippen MR) is 64.7 cm³/mol. The van der Waals surface area contributed by atoms with Crippen LogP contribution in [0.15, 0.2) is 23.1 Å². The molecule has 1 saturated heterocycles. The van der Waals surface area contributed by atoms with Gasteiger partial charge in [0.1, 0.15) is 0 Å². The van der Waals surface area contributed by atoms with Crippen molar-refractivity contribution in [1.82, 2.24) is 9.88 Å². The molecule has 1 aliphatic heterocycles. The zero-order chi connectivity index (χ0) is 12.4. The van der Waals surface area contributed by atoms with Gasteiger partial charge in [-0.2, -0.15) is 0 Å². The number of aromatic amines is 1. The summed E-state index contributed by atoms with van der Waals surface area (Å²) in [4.78, 5) is 27.5. The van der Waals surface area contributed by atoms with Gasteiger partial charge >= 0.3 is 0 Å². The molecule has 3 N–H and O–H groups in total. The average molecular weight is 235 g/mol. The van der Waals surface area contributed by atoms with Gasteiger partial charge in [0.2, 0.25) is 5.56 Å². The molecule has 1 fully saturated rings. The van der Waals surface area contributed by atoms with Gasteiger partial charge in [0.05, 0.1) is 0 Å². The van der Waals surface area contributed by atoms with Gasteiger partial charge in [-0.1, -0.05) is 0 Å². The van der Waals surface area contributed by atoms with Crippen molar-refractivity contribution in [3.8, 4) is 0 Å². The molecule has 1 aromatic rings. The second-order valence-corrected chi connectivity index (χ2v) is 4.60. The van der Waals surface area contributed by atoms with Crippen LogP contribution >= 0.6 is 0 Å². The number of rotatable bonds is 2. The molecule has 1 aromatic heterocycles. The molecule has 2 rings (SSSR count). The number of nitrogens with one attached hydrogen (secondary N) is 1. The number of H-pyrrole nitrogens is 1. The van der Waals surface area contributed by atoms with E-state index in [1.165, 1.54) is 12.3 Å². The highest BCUT2D eigenvalue weighted by molar-refractivity contribution is 5.94. The summed E-state index contributed by atoms with van der Waals surface area (Å²) in [5.41, 5.74) is 6.02. The molecule has 2 heterocycles. The van der Waals surface area contributed by atoms with E-state index in [0.717, 1.165) is 13.0 Å². The molecule has 0 spiro atoms. The van der Waals surface area contributed by atoms with Gasteiger partial charge in [-0.3, -0.25) is 9.59 Å². The lowest BCUT2D eigenvalue weighted by atomic mass is 10.0. The standard InChI is InChI=1S/C12H17N3O2/c1-8(13)10-3-5-15(7-10)12(17)9-2-4-14-11(16)6-9/h2,4,6,8,10H,3,5,7,13H2,1H3,(H,14,16). The zero-order valence-corrected chi connectivity index (χ0v) is 9.85. The second kappa shape index (κ2) is 4.71. The number of aromatic nitrogens is 1. The van der Waals surface area contributed by atoms with Crippen LogP contribution in [0.25, 0.3) is 0 Å². The monoisotopic (exact) mass is 235 g/mol. The van der Waals surface area contributed by atoms with Crippen LogP contribution in [0.5, 0.6) is 0 Å². The van der Waals surface area contributed by atoms with Gasteiger partial charge < -0.3 is 15.6 Å². The van der Waals surface area contributed by atoms with E-state index in [-0.39, 0.29) is 17.5 Å². The fraction of sp³-hybridized carbons (Fsp3) is 0.500. The minimum Gasteiger partial charge on any atom is -0.338 e. The molecule has 0 aromatic carbocycles. The third-order valence-corrected chi connectivity index (χ3v) is 3.28. The number of carbonyl (C=O) groups is 1. The van der Waals surface area contributed by atoms with E-state index in [2.05, 4.69) is 4.98 Å². The van der Waals surface area contributed by atoms with E-state index in [0.29, 0.717) is 18.0 Å². The Balaban J connectivity index is 2.10. The van der Waals surface area contributed by atoms with Crippen LogP contribution in [0, 0.1) is 5.92 Å². The second-order valence-electron chi connectivity index (χ2n) is 4.60. The Morgan fingerprint density at radius 1 is 1.65 bits per heavy atom. The number of carbonyl (C=O) groups excluding carboxylic acids is 1. The SMILES string of the molecule is CC(N)C1CCN(C(=O)c2cc[nH]c(=O)c2)C1. The molecule has 92 valence electrons. The summed E-state index contributed by atoms with van der Waals surface area (Å²) in [5.74, 6) is 0.278. The quantitative estimate of drug-likeness (QED) is 0.767. The maximum atomic E-state index is 12.1. The molecular weight excluding hydrogens is 218 g/mol. The third kappa shape index (κ3) is 2.55. The number of hydrogen-bond donors (Lipinski definition) is 2. The topological polar surface area (TPSA) is 79.2 Å². The van der Waals surface area contributed by atoms with Crippen molar-refractivity contribution in [3.63, 3.8) is 0 Å². The lowest BCUT2D eigenvalue weighted by Crippen LogP contribution is -2.33. The highest BCUT2D eigenvalue weighted by atomic mass is 16.2. The van der Waals surface area contributed by atoms with Crippen molar-refractivity contribution in [1.29, 1.82) is 0 Å². The summed E-state index contributed by atoms with van der Waals surface area (Å²) < 4.78 is 0. The van der Waals surface area contributed by atoms with Crippen LogP contribution in [0.1, 0.15) is 23.7 Å². The summed E-state index contributed by atoms with van der Waals surface area (Å²) in [7, 11) is 0. The third-order valence-electron chi connectivity index (χ3n) is 3.28. The minimum absolute atomic E-state index is 0.0840. The van der Waals surface area contributed by atoms with Gasteiger partial charge in [0, 0.05) is 37.0 Å². The first-order valence-electron chi connectivity index (χ1n) is 5.81. The lowest BCUT2D eigenvalue weighted by Gasteiger charge is -2.17. The molecular formula is C12H17N3O2. The van der Waals surface area contributed by atoms with E-state index in [1.54, 1.807) is 11.0 Å². The molecule has 0 radical (unpaired) electrons. The maximum Gasteiger partial charge on any atom is 0.254 e. The molecule has 5 heteroatoms. The molecule has 2 unspecified atom stereocenters. The van der Waals surface area contributed by atoms with Crippen molar-refractivity contribution in [3.05, 3.63) is 34.2 Å². The molecule has 5 nitrogen and oxygen atoms in total. The number of hydrogen-bond acceptors (Lipinski definition) is 3. The Kier molecular flexibility index (Phi) is 3.28. The van der Waals surface area contributed by atoms with E-state index >= 15 is 0 Å². The minimum atomic E-state index is -0.251. The molecule has 0 saturated carbocycles. The van der Waals surface area contributed by atoms with Crippen LogP contribution in [-0.2, 0) is 0 Å². The molecule has 1 aliphatic rings. The maximum absolute atomic E-state index is 12.1. The fourth-order valence-electron chi connectivity index (χ4n) is 2.16. The highest BCUT2D eigenvalue weighted by Gasteiger charge is 2.28. The van der Waals surface area contributed by atoms with Gasteiger partial charge in [0.15, 0.2) is 0 Å². The smallest absolute Gasteiger partial charge is 0.254 e. The van der Waals surface area contributed by atoms with E-state index in [9.17, 15) is 9.59 Å². The number of nitrogens with zero attached hydrogens (tertiary/aromatic N) is 1. The Morgan fingerprint density at radius 3 is 3.00 bits per heavy atom. The fourth-order valence-corrected chi connectivity index (χ4v) is 2.16. The summed E-state index contributed by atoms with van der Waals surface area (Å²) in [5, 5.41) is 0. The van der Waals surface area contributed by atoms with Crippen molar-refractivity contribution in [2.24, 2.45) is 11.7 Å². The van der Waals surface area contributed by atoms with Crippen LogP contribution in [-0.4, -0.2) is 34.9 Å². The first kappa shape index (κ1) is 11.9. The highest BCUT2D eigenvalue weighted by Crippen LogP contribution is 2.20. The van der Waals surface area contributed by atoms with Gasteiger partial charge in [-0.05, 0) is 25.3 Å². The first-order valence-corrected chi connectivity index (χ1v) is 5.81. The molecule has 17 heavy (non-hydrogen) atoms. The van der Waals surface area contributed by atoms with Gasteiger partial charge in [-0.15, -0.1) is 0 Å². The molecule has 0 aliphatic carbocycles. The van der Waals surface area contributed by atoms with Crippen LogP contribution in [0.3, 0.4) is 0 Å². The number of nitrogens with two attached hydrogens (primary N) is 1. The van der Waals surface area contributed by atoms with Crippen molar-refractivity contribution in [2.45, 2.75) is 19.4 Å². The average Bonchev–Trinajstić information content (AvgIpc) is 2.77. The van der Waals surface area contributed by atoms with E-state index < -0.39 is 0 Å². The van der Waals surface area contributed by atoms with Crippen molar-refractivity contribution >= 4 is 5.91 Å². The van der Waals surface area contributed by atoms with Gasteiger partial charge in [0.25, 0.3) is 5.91 Å². The summed E-state index contributed by atoms with van der Waals surface area (Å²) in [6.45, 7) is 3.37. The molecule has 0 bridgehead atoms. The van der Waals surface area contributed by atoms with Crippen molar-refractivity contribution < 1.29 is 4.79 Å². The summed E-state index contributed by atoms with van der Waals surface area (Å²) in [6, 6.07) is 3.07. The Bertz CT molecular complexity index is 467. The molecule has 2 atom stereocenters.